The van der Waals surface area contributed by atoms with E-state index in [1.807, 2.05) is 13.8 Å². The van der Waals surface area contributed by atoms with Crippen LogP contribution in [0.3, 0.4) is 0 Å². The van der Waals surface area contributed by atoms with E-state index in [0.717, 1.165) is 10.0 Å². The van der Waals surface area contributed by atoms with Crippen LogP contribution in [0.5, 0.6) is 0 Å². The molecule has 96 valence electrons. The summed E-state index contributed by atoms with van der Waals surface area (Å²) in [5.41, 5.74) is 0.750. The molecule has 0 aliphatic rings. The first kappa shape index (κ1) is 14.6. The van der Waals surface area contributed by atoms with Gasteiger partial charge in [0.05, 0.1) is 12.2 Å². The van der Waals surface area contributed by atoms with E-state index in [1.54, 1.807) is 13.2 Å². The highest BCUT2D eigenvalue weighted by atomic mass is 79.9. The molecule has 1 N–H and O–H groups in total. The molecular formula is C13H18BrFO2. The van der Waals surface area contributed by atoms with Crippen LogP contribution in [0.1, 0.15) is 19.4 Å². The van der Waals surface area contributed by atoms with Crippen LogP contribution >= 0.6 is 15.9 Å². The van der Waals surface area contributed by atoms with Crippen LogP contribution in [0.15, 0.2) is 22.7 Å². The number of methoxy groups -OCH3 is 1. The van der Waals surface area contributed by atoms with Gasteiger partial charge in [-0.2, -0.15) is 0 Å². The van der Waals surface area contributed by atoms with Crippen molar-refractivity contribution in [3.8, 4) is 0 Å². The number of hydrogen-bond acceptors (Lipinski definition) is 2. The normalized spacial score (nSPS) is 15.0. The number of hydrogen-bond donors (Lipinski definition) is 1. The van der Waals surface area contributed by atoms with E-state index in [4.69, 9.17) is 4.74 Å². The van der Waals surface area contributed by atoms with E-state index in [-0.39, 0.29) is 17.8 Å². The minimum Gasteiger partial charge on any atom is -0.390 e. The number of rotatable bonds is 5. The second-order valence-corrected chi connectivity index (χ2v) is 5.31. The number of halogens is 2. The van der Waals surface area contributed by atoms with E-state index in [0.29, 0.717) is 6.42 Å². The minimum atomic E-state index is -0.641. The summed E-state index contributed by atoms with van der Waals surface area (Å²) >= 11 is 3.35. The summed E-state index contributed by atoms with van der Waals surface area (Å²) in [4.78, 5) is 0. The first-order valence-electron chi connectivity index (χ1n) is 5.60. The van der Waals surface area contributed by atoms with Gasteiger partial charge in [-0.15, -0.1) is 0 Å². The predicted octanol–water partition coefficient (Wildman–Crippen LogP) is 3.16. The molecule has 2 unspecified atom stereocenters. The zero-order valence-electron chi connectivity index (χ0n) is 10.3. The molecule has 0 amide bonds. The lowest BCUT2D eigenvalue weighted by Crippen LogP contribution is -2.34. The molecule has 4 heteroatoms. The molecular weight excluding hydrogens is 287 g/mol. The molecule has 0 aliphatic carbocycles. The van der Waals surface area contributed by atoms with Crippen molar-refractivity contribution < 1.29 is 14.2 Å². The fourth-order valence-corrected chi connectivity index (χ4v) is 2.32. The molecule has 2 atom stereocenters. The Hall–Kier alpha value is -0.450. The quantitative estimate of drug-likeness (QED) is 0.905. The summed E-state index contributed by atoms with van der Waals surface area (Å²) < 4.78 is 19.2. The SMILES string of the molecule is COC(C(C)C)C(O)Cc1cc(F)ccc1Br. The molecule has 1 aromatic carbocycles. The zero-order chi connectivity index (χ0) is 13.0. The Kier molecular flexibility index (Phi) is 5.56. The maximum Gasteiger partial charge on any atom is 0.123 e. The van der Waals surface area contributed by atoms with E-state index in [2.05, 4.69) is 15.9 Å². The van der Waals surface area contributed by atoms with Gasteiger partial charge in [0.25, 0.3) is 0 Å². The standard InChI is InChI=1S/C13H18BrFO2/c1-8(2)13(17-3)12(16)7-9-6-10(15)4-5-11(9)14/h4-6,8,12-13,16H,7H2,1-3H3. The third-order valence-corrected chi connectivity index (χ3v) is 3.52. The highest BCUT2D eigenvalue weighted by Gasteiger charge is 2.23. The molecule has 0 radical (unpaired) electrons. The molecule has 17 heavy (non-hydrogen) atoms. The van der Waals surface area contributed by atoms with Gasteiger partial charge in [-0.1, -0.05) is 29.8 Å². The van der Waals surface area contributed by atoms with Crippen molar-refractivity contribution in [2.75, 3.05) is 7.11 Å². The third kappa shape index (κ3) is 4.05. The Bertz CT molecular complexity index is 368. The van der Waals surface area contributed by atoms with E-state index in [9.17, 15) is 9.50 Å². The molecule has 0 aliphatic heterocycles. The average molecular weight is 305 g/mol. The summed E-state index contributed by atoms with van der Waals surface area (Å²) in [6.07, 6.45) is -0.516. The van der Waals surface area contributed by atoms with Crippen molar-refractivity contribution in [2.24, 2.45) is 5.92 Å². The van der Waals surface area contributed by atoms with Crippen LogP contribution in [-0.4, -0.2) is 24.4 Å². The van der Waals surface area contributed by atoms with Crippen molar-refractivity contribution in [3.63, 3.8) is 0 Å². The summed E-state index contributed by atoms with van der Waals surface area (Å²) in [5.74, 6) is -0.0868. The molecule has 0 fully saturated rings. The van der Waals surface area contributed by atoms with Gasteiger partial charge in [0.2, 0.25) is 0 Å². The molecule has 0 saturated carbocycles. The van der Waals surface area contributed by atoms with Crippen molar-refractivity contribution in [2.45, 2.75) is 32.5 Å². The minimum absolute atomic E-state index is 0.210. The van der Waals surface area contributed by atoms with E-state index in [1.165, 1.54) is 12.1 Å². The fourth-order valence-electron chi connectivity index (χ4n) is 1.91. The maximum atomic E-state index is 13.1. The molecule has 2 nitrogen and oxygen atoms in total. The van der Waals surface area contributed by atoms with Crippen molar-refractivity contribution in [1.82, 2.24) is 0 Å². The van der Waals surface area contributed by atoms with Crippen LogP contribution in [-0.2, 0) is 11.2 Å². The Morgan fingerprint density at radius 3 is 2.59 bits per heavy atom. The number of aliphatic hydroxyl groups excluding tert-OH is 1. The highest BCUT2D eigenvalue weighted by Crippen LogP contribution is 2.22. The zero-order valence-corrected chi connectivity index (χ0v) is 11.9. The summed E-state index contributed by atoms with van der Waals surface area (Å²) in [5, 5.41) is 10.1. The van der Waals surface area contributed by atoms with Gasteiger partial charge in [-0.25, -0.2) is 4.39 Å². The number of aliphatic hydroxyl groups is 1. The largest absolute Gasteiger partial charge is 0.390 e. The van der Waals surface area contributed by atoms with E-state index < -0.39 is 6.10 Å². The lowest BCUT2D eigenvalue weighted by atomic mass is 9.96. The third-order valence-electron chi connectivity index (χ3n) is 2.75. The molecule has 1 rings (SSSR count). The molecule has 0 aromatic heterocycles. The second-order valence-electron chi connectivity index (χ2n) is 4.45. The Morgan fingerprint density at radius 1 is 1.41 bits per heavy atom. The lowest BCUT2D eigenvalue weighted by molar-refractivity contribution is -0.0368. The second kappa shape index (κ2) is 6.47. The van der Waals surface area contributed by atoms with Crippen LogP contribution in [0.2, 0.25) is 0 Å². The van der Waals surface area contributed by atoms with Crippen molar-refractivity contribution in [1.29, 1.82) is 0 Å². The smallest absolute Gasteiger partial charge is 0.123 e. The van der Waals surface area contributed by atoms with Gasteiger partial charge in [-0.05, 0) is 29.7 Å². The maximum absolute atomic E-state index is 13.1. The van der Waals surface area contributed by atoms with Gasteiger partial charge in [0.1, 0.15) is 5.82 Å². The highest BCUT2D eigenvalue weighted by molar-refractivity contribution is 9.10. The summed E-state index contributed by atoms with van der Waals surface area (Å²) in [6, 6.07) is 4.46. The van der Waals surface area contributed by atoms with Crippen LogP contribution in [0, 0.1) is 11.7 Å². The molecule has 0 bridgehead atoms. The fraction of sp³-hybridized carbons (Fsp3) is 0.538. The van der Waals surface area contributed by atoms with Gasteiger partial charge in [-0.3, -0.25) is 0 Å². The topological polar surface area (TPSA) is 29.5 Å². The van der Waals surface area contributed by atoms with Crippen molar-refractivity contribution in [3.05, 3.63) is 34.1 Å². The Labute approximate surface area is 110 Å². The van der Waals surface area contributed by atoms with Crippen molar-refractivity contribution >= 4 is 15.9 Å². The van der Waals surface area contributed by atoms with Crippen LogP contribution in [0.25, 0.3) is 0 Å². The number of benzene rings is 1. The average Bonchev–Trinajstić information content (AvgIpc) is 2.24. The van der Waals surface area contributed by atoms with E-state index >= 15 is 0 Å². The van der Waals surface area contributed by atoms with Gasteiger partial charge in [0.15, 0.2) is 0 Å². The first-order chi connectivity index (χ1) is 7.95. The van der Waals surface area contributed by atoms with Gasteiger partial charge >= 0.3 is 0 Å². The summed E-state index contributed by atoms with van der Waals surface area (Å²) in [7, 11) is 1.58. The van der Waals surface area contributed by atoms with Gasteiger partial charge < -0.3 is 9.84 Å². The van der Waals surface area contributed by atoms with Crippen LogP contribution < -0.4 is 0 Å². The van der Waals surface area contributed by atoms with Crippen LogP contribution in [0.4, 0.5) is 4.39 Å². The molecule has 0 spiro atoms. The lowest BCUT2D eigenvalue weighted by Gasteiger charge is -2.25. The summed E-state index contributed by atoms with van der Waals surface area (Å²) in [6.45, 7) is 3.97. The van der Waals surface area contributed by atoms with Gasteiger partial charge in [0, 0.05) is 18.0 Å². The first-order valence-corrected chi connectivity index (χ1v) is 6.39. The molecule has 0 saturated heterocycles. The monoisotopic (exact) mass is 304 g/mol. The Balaban J connectivity index is 2.79. The molecule has 1 aromatic rings. The Morgan fingerprint density at radius 2 is 2.06 bits per heavy atom. The predicted molar refractivity (Wildman–Crippen MR) is 69.4 cm³/mol. The number of ether oxygens (including phenoxy) is 1. The molecule has 0 heterocycles.